The van der Waals surface area contributed by atoms with Gasteiger partial charge in [-0.1, -0.05) is 68.8 Å². The Labute approximate surface area is 198 Å². The Bertz CT molecular complexity index is 1200. The molecule has 3 heteroatoms. The first kappa shape index (κ1) is 24.4. The van der Waals surface area contributed by atoms with Gasteiger partial charge in [-0.05, 0) is 85.7 Å². The van der Waals surface area contributed by atoms with Gasteiger partial charge >= 0.3 is 0 Å². The molecule has 2 heterocycles. The third-order valence-electron chi connectivity index (χ3n) is 5.84. The molecular weight excluding hydrogens is 402 g/mol. The third kappa shape index (κ3) is 6.89. The Morgan fingerprint density at radius 1 is 1.06 bits per heavy atom. The van der Waals surface area contributed by atoms with Gasteiger partial charge in [-0.2, -0.15) is 5.10 Å². The van der Waals surface area contributed by atoms with Crippen molar-refractivity contribution in [3.63, 3.8) is 0 Å². The Hall–Kier alpha value is -3.20. The molecule has 1 N–H and O–H groups in total. The lowest BCUT2D eigenvalue weighted by Gasteiger charge is -2.07. The lowest BCUT2D eigenvalue weighted by atomic mass is 9.98. The highest BCUT2D eigenvalue weighted by Gasteiger charge is 2.12. The molecule has 0 bridgehead atoms. The van der Waals surface area contributed by atoms with Gasteiger partial charge in [0.05, 0.1) is 5.69 Å². The topological polar surface area (TPSA) is 41.6 Å². The van der Waals surface area contributed by atoms with Crippen molar-refractivity contribution < 1.29 is 0 Å². The van der Waals surface area contributed by atoms with Gasteiger partial charge in [-0.25, -0.2) is 0 Å². The summed E-state index contributed by atoms with van der Waals surface area (Å²) in [6.07, 6.45) is 19.3. The molecule has 0 spiro atoms. The number of rotatable bonds is 11. The van der Waals surface area contributed by atoms with Crippen molar-refractivity contribution in [2.75, 3.05) is 0 Å². The molecule has 1 aromatic carbocycles. The number of hydrogen-bond acceptors (Lipinski definition) is 2. The van der Waals surface area contributed by atoms with Crippen molar-refractivity contribution in [3.05, 3.63) is 83.0 Å². The molecule has 33 heavy (non-hydrogen) atoms. The summed E-state index contributed by atoms with van der Waals surface area (Å²) in [5.74, 6) is 0. The van der Waals surface area contributed by atoms with Crippen LogP contribution in [0.3, 0.4) is 0 Å². The molecule has 0 amide bonds. The first-order valence-electron chi connectivity index (χ1n) is 12.2. The molecule has 2 aromatic heterocycles. The van der Waals surface area contributed by atoms with Crippen molar-refractivity contribution in [1.82, 2.24) is 15.2 Å². The number of nitrogens with zero attached hydrogens (tertiary/aromatic N) is 2. The fraction of sp³-hybridized carbons (Fsp3) is 0.333. The van der Waals surface area contributed by atoms with Crippen LogP contribution >= 0.6 is 0 Å². The Kier molecular flexibility index (Phi) is 9.44. The summed E-state index contributed by atoms with van der Waals surface area (Å²) in [4.78, 5) is 4.67. The summed E-state index contributed by atoms with van der Waals surface area (Å²) in [6.45, 7) is 10.6. The van der Waals surface area contributed by atoms with Crippen LogP contribution in [0.4, 0.5) is 0 Å². The molecule has 0 saturated carbocycles. The monoisotopic (exact) mass is 439 g/mol. The standard InChI is InChI=1S/C30H37N3/c1-5-7-8-9-10-11-12-13-17-25(15-6-2)27-21-26(20-19-23(27)3)28-22-31-33-30(28)29-18-14-16-24(4)32-29/h6,8-9,14-16,18-22H,3,5,7,10-13,17H2,1-2,4H3,(H,31,33)/b9-8+,15-6-,27-25+. The van der Waals surface area contributed by atoms with Crippen LogP contribution in [0.5, 0.6) is 0 Å². The molecule has 0 atom stereocenters. The molecule has 172 valence electrons. The average Bonchev–Trinajstić information content (AvgIpc) is 3.30. The van der Waals surface area contributed by atoms with Gasteiger partial charge < -0.3 is 0 Å². The van der Waals surface area contributed by atoms with Gasteiger partial charge in [-0.3, -0.25) is 10.1 Å². The van der Waals surface area contributed by atoms with E-state index in [2.05, 4.69) is 78.1 Å². The number of nitrogens with one attached hydrogen (secondary N) is 1. The predicted octanol–water partition coefficient (Wildman–Crippen LogP) is 6.89. The molecule has 0 radical (unpaired) electrons. The minimum absolute atomic E-state index is 0.880. The van der Waals surface area contributed by atoms with Gasteiger partial charge in [0.15, 0.2) is 0 Å². The fourth-order valence-corrected chi connectivity index (χ4v) is 4.09. The molecule has 3 nitrogen and oxygen atoms in total. The van der Waals surface area contributed by atoms with Crippen LogP contribution in [-0.4, -0.2) is 15.2 Å². The van der Waals surface area contributed by atoms with E-state index in [0.717, 1.165) is 39.8 Å². The molecule has 0 saturated heterocycles. The number of aryl methyl sites for hydroxylation is 1. The number of unbranched alkanes of at least 4 members (excludes halogenated alkanes) is 4. The maximum Gasteiger partial charge on any atom is 0.118 e. The van der Waals surface area contributed by atoms with Crippen LogP contribution in [0.15, 0.2) is 66.9 Å². The van der Waals surface area contributed by atoms with Crippen molar-refractivity contribution in [2.24, 2.45) is 0 Å². The minimum atomic E-state index is 0.880. The van der Waals surface area contributed by atoms with E-state index >= 15 is 0 Å². The molecule has 0 aliphatic rings. The van der Waals surface area contributed by atoms with Crippen LogP contribution in [0.1, 0.15) is 64.5 Å². The highest BCUT2D eigenvalue weighted by molar-refractivity contribution is 5.79. The molecule has 0 aliphatic carbocycles. The van der Waals surface area contributed by atoms with Crippen LogP contribution in [0, 0.1) is 6.92 Å². The van der Waals surface area contributed by atoms with E-state index in [-0.39, 0.29) is 0 Å². The summed E-state index contributed by atoms with van der Waals surface area (Å²) in [7, 11) is 0. The summed E-state index contributed by atoms with van der Waals surface area (Å²) in [5, 5.41) is 9.83. The molecular formula is C30H37N3. The highest BCUT2D eigenvalue weighted by Crippen LogP contribution is 2.28. The van der Waals surface area contributed by atoms with E-state index in [0.29, 0.717) is 0 Å². The SMILES string of the molecule is C=c1ccc(-c2c[nH]nc2-c2cccc(C)n2)c/c1=C(/C=C\C)CCCCC/C=C/CCC. The van der Waals surface area contributed by atoms with Gasteiger partial charge in [0.2, 0.25) is 0 Å². The highest BCUT2D eigenvalue weighted by atomic mass is 15.1. The van der Waals surface area contributed by atoms with E-state index in [1.54, 1.807) is 0 Å². The Morgan fingerprint density at radius 2 is 1.91 bits per heavy atom. The molecule has 3 aromatic rings. The minimum Gasteiger partial charge on any atom is -0.284 e. The van der Waals surface area contributed by atoms with Crippen molar-refractivity contribution >= 4 is 12.2 Å². The predicted molar refractivity (Wildman–Crippen MR) is 142 cm³/mol. The fourth-order valence-electron chi connectivity index (χ4n) is 4.09. The van der Waals surface area contributed by atoms with Crippen molar-refractivity contribution in [2.45, 2.75) is 65.7 Å². The van der Waals surface area contributed by atoms with Crippen LogP contribution in [0.25, 0.3) is 34.7 Å². The number of hydrogen-bond donors (Lipinski definition) is 1. The number of H-pyrrole nitrogens is 1. The maximum absolute atomic E-state index is 4.67. The van der Waals surface area contributed by atoms with Crippen molar-refractivity contribution in [3.8, 4) is 22.5 Å². The molecule has 0 unspecified atom stereocenters. The van der Waals surface area contributed by atoms with Crippen LogP contribution in [0.2, 0.25) is 0 Å². The Morgan fingerprint density at radius 3 is 2.70 bits per heavy atom. The van der Waals surface area contributed by atoms with Gasteiger partial charge in [0, 0.05) is 17.5 Å². The first-order valence-corrected chi connectivity index (χ1v) is 12.2. The normalized spacial score (nSPS) is 12.7. The van der Waals surface area contributed by atoms with Crippen molar-refractivity contribution in [1.29, 1.82) is 0 Å². The lowest BCUT2D eigenvalue weighted by molar-refractivity contribution is 0.700. The summed E-state index contributed by atoms with van der Waals surface area (Å²) >= 11 is 0. The number of aromatic nitrogens is 3. The average molecular weight is 440 g/mol. The second-order valence-electron chi connectivity index (χ2n) is 8.57. The lowest BCUT2D eigenvalue weighted by Crippen LogP contribution is -2.25. The largest absolute Gasteiger partial charge is 0.284 e. The first-order chi connectivity index (χ1) is 16.1. The zero-order valence-electron chi connectivity index (χ0n) is 20.4. The number of benzene rings is 1. The van der Waals surface area contributed by atoms with E-state index in [9.17, 15) is 0 Å². The summed E-state index contributed by atoms with van der Waals surface area (Å²) in [6, 6.07) is 12.6. The second kappa shape index (κ2) is 12.7. The zero-order chi connectivity index (χ0) is 23.5. The van der Waals surface area contributed by atoms with E-state index in [1.807, 2.05) is 31.3 Å². The van der Waals surface area contributed by atoms with Gasteiger partial charge in [0.1, 0.15) is 5.69 Å². The van der Waals surface area contributed by atoms with E-state index in [4.69, 9.17) is 0 Å². The summed E-state index contributed by atoms with van der Waals surface area (Å²) in [5.41, 5.74) is 6.30. The quantitative estimate of drug-likeness (QED) is 0.261. The molecule has 0 fully saturated rings. The Balaban J connectivity index is 1.85. The molecule has 3 rings (SSSR count). The number of pyridine rings is 1. The van der Waals surface area contributed by atoms with E-state index in [1.165, 1.54) is 49.3 Å². The number of aromatic amines is 1. The number of allylic oxidation sites excluding steroid dienone is 4. The van der Waals surface area contributed by atoms with Gasteiger partial charge in [-0.15, -0.1) is 0 Å². The maximum atomic E-state index is 4.67. The second-order valence-corrected chi connectivity index (χ2v) is 8.57. The molecule has 0 aliphatic heterocycles. The van der Waals surface area contributed by atoms with Crippen LogP contribution in [-0.2, 0) is 0 Å². The van der Waals surface area contributed by atoms with E-state index < -0.39 is 0 Å². The zero-order valence-corrected chi connectivity index (χ0v) is 20.4. The van der Waals surface area contributed by atoms with Gasteiger partial charge in [0.25, 0.3) is 0 Å². The smallest absolute Gasteiger partial charge is 0.118 e. The third-order valence-corrected chi connectivity index (χ3v) is 5.84. The summed E-state index contributed by atoms with van der Waals surface area (Å²) < 4.78 is 0. The van der Waals surface area contributed by atoms with Crippen LogP contribution < -0.4 is 10.4 Å².